The van der Waals surface area contributed by atoms with Gasteiger partial charge in [0.1, 0.15) is 5.75 Å². The molecule has 0 saturated heterocycles. The summed E-state index contributed by atoms with van der Waals surface area (Å²) >= 11 is 0. The number of fused-ring (bicyclic) bond motifs is 1. The van der Waals surface area contributed by atoms with Gasteiger partial charge in [-0.15, -0.1) is 0 Å². The summed E-state index contributed by atoms with van der Waals surface area (Å²) in [7, 11) is 0. The normalized spacial score (nSPS) is 13.3. The third kappa shape index (κ3) is 3.04. The number of unbranched alkanes of at least 4 members (excludes halogenated alkanes) is 1. The second-order valence-corrected chi connectivity index (χ2v) is 6.05. The molecule has 1 aliphatic rings. The molecule has 0 bridgehead atoms. The highest BCUT2D eigenvalue weighted by Crippen LogP contribution is 2.32. The summed E-state index contributed by atoms with van der Waals surface area (Å²) in [6.45, 7) is 5.01. The third-order valence-corrected chi connectivity index (χ3v) is 4.18. The molecule has 4 heteroatoms. The van der Waals surface area contributed by atoms with Crippen LogP contribution in [-0.2, 0) is 11.3 Å². The number of benzene rings is 2. The molecule has 2 aromatic carbocycles. The summed E-state index contributed by atoms with van der Waals surface area (Å²) in [6, 6.07) is 13.2. The smallest absolute Gasteiger partial charge is 0.299 e. The number of amides is 1. The van der Waals surface area contributed by atoms with Crippen LogP contribution in [0, 0.1) is 6.92 Å². The maximum atomic E-state index is 12.4. The van der Waals surface area contributed by atoms with Crippen molar-refractivity contribution in [3.8, 4) is 5.75 Å². The standard InChI is InChI=1S/C20H21NO3/c1-3-4-11-24-18-8-6-5-7-15(18)13-21-17-10-9-14(2)12-16(17)19(22)20(21)23/h5-10,12H,3-4,11,13H2,1-2H3. The van der Waals surface area contributed by atoms with Crippen LogP contribution in [0.2, 0.25) is 0 Å². The Bertz CT molecular complexity index is 782. The predicted molar refractivity (Wildman–Crippen MR) is 93.5 cm³/mol. The number of ketones is 1. The van der Waals surface area contributed by atoms with Crippen molar-refractivity contribution < 1.29 is 14.3 Å². The summed E-state index contributed by atoms with van der Waals surface area (Å²) in [4.78, 5) is 26.1. The van der Waals surface area contributed by atoms with Gasteiger partial charge in [0, 0.05) is 5.56 Å². The monoisotopic (exact) mass is 323 g/mol. The number of carbonyl (C=O) groups is 2. The molecular weight excluding hydrogens is 302 g/mol. The molecule has 0 N–H and O–H groups in total. The first-order valence-electron chi connectivity index (χ1n) is 8.29. The first kappa shape index (κ1) is 16.2. The maximum Gasteiger partial charge on any atom is 0.299 e. The van der Waals surface area contributed by atoms with E-state index in [-0.39, 0.29) is 0 Å². The topological polar surface area (TPSA) is 46.6 Å². The van der Waals surface area contributed by atoms with Crippen molar-refractivity contribution in [1.82, 2.24) is 0 Å². The van der Waals surface area contributed by atoms with Crippen molar-refractivity contribution in [3.63, 3.8) is 0 Å². The Labute approximate surface area is 142 Å². The first-order valence-corrected chi connectivity index (χ1v) is 8.29. The van der Waals surface area contributed by atoms with Gasteiger partial charge in [-0.2, -0.15) is 0 Å². The Morgan fingerprint density at radius 2 is 1.88 bits per heavy atom. The Hall–Kier alpha value is -2.62. The summed E-state index contributed by atoms with van der Waals surface area (Å²) in [5.41, 5.74) is 3.05. The van der Waals surface area contributed by atoms with Gasteiger partial charge < -0.3 is 9.64 Å². The molecule has 3 rings (SSSR count). The fourth-order valence-electron chi connectivity index (χ4n) is 2.84. The number of hydrogen-bond acceptors (Lipinski definition) is 3. The Balaban J connectivity index is 1.87. The quantitative estimate of drug-likeness (QED) is 0.598. The average molecular weight is 323 g/mol. The van der Waals surface area contributed by atoms with Gasteiger partial charge in [-0.25, -0.2) is 0 Å². The number of carbonyl (C=O) groups excluding carboxylic acids is 2. The van der Waals surface area contributed by atoms with Crippen LogP contribution in [0.5, 0.6) is 5.75 Å². The van der Waals surface area contributed by atoms with Crippen molar-refractivity contribution >= 4 is 17.4 Å². The predicted octanol–water partition coefficient (Wildman–Crippen LogP) is 3.90. The number of nitrogens with zero attached hydrogens (tertiary/aromatic N) is 1. The molecule has 124 valence electrons. The lowest BCUT2D eigenvalue weighted by molar-refractivity contribution is -0.114. The first-order chi connectivity index (χ1) is 11.6. The van der Waals surface area contributed by atoms with E-state index >= 15 is 0 Å². The molecular formula is C20H21NO3. The van der Waals surface area contributed by atoms with Crippen LogP contribution in [0.3, 0.4) is 0 Å². The van der Waals surface area contributed by atoms with Gasteiger partial charge in [0.05, 0.1) is 24.4 Å². The van der Waals surface area contributed by atoms with Crippen LogP contribution in [0.4, 0.5) is 5.69 Å². The van der Waals surface area contributed by atoms with E-state index < -0.39 is 11.7 Å². The maximum absolute atomic E-state index is 12.4. The van der Waals surface area contributed by atoms with Gasteiger partial charge >= 0.3 is 0 Å². The molecule has 1 aliphatic heterocycles. The van der Waals surface area contributed by atoms with Crippen molar-refractivity contribution in [1.29, 1.82) is 0 Å². The molecule has 0 fully saturated rings. The molecule has 1 heterocycles. The average Bonchev–Trinajstić information content (AvgIpc) is 2.81. The van der Waals surface area contributed by atoms with Crippen molar-refractivity contribution in [2.24, 2.45) is 0 Å². The number of ether oxygens (including phenoxy) is 1. The van der Waals surface area contributed by atoms with Gasteiger partial charge in [-0.05, 0) is 31.5 Å². The molecule has 0 saturated carbocycles. The van der Waals surface area contributed by atoms with E-state index in [9.17, 15) is 9.59 Å². The molecule has 0 aliphatic carbocycles. The minimum Gasteiger partial charge on any atom is -0.493 e. The zero-order valence-corrected chi connectivity index (χ0v) is 14.0. The molecule has 0 atom stereocenters. The zero-order chi connectivity index (χ0) is 17.1. The van der Waals surface area contributed by atoms with Crippen LogP contribution in [0.25, 0.3) is 0 Å². The SMILES string of the molecule is CCCCOc1ccccc1CN1C(=O)C(=O)c2cc(C)ccc21. The van der Waals surface area contributed by atoms with Gasteiger partial charge in [0.15, 0.2) is 0 Å². The summed E-state index contributed by atoms with van der Waals surface area (Å²) < 4.78 is 5.83. The van der Waals surface area contributed by atoms with E-state index in [1.807, 2.05) is 43.3 Å². The molecule has 4 nitrogen and oxygen atoms in total. The lowest BCUT2D eigenvalue weighted by atomic mass is 10.1. The van der Waals surface area contributed by atoms with Crippen LogP contribution < -0.4 is 9.64 Å². The number of hydrogen-bond donors (Lipinski definition) is 0. The summed E-state index contributed by atoms with van der Waals surface area (Å²) in [5, 5.41) is 0. The van der Waals surface area contributed by atoms with Crippen LogP contribution >= 0.6 is 0 Å². The molecule has 0 radical (unpaired) electrons. The minimum absolute atomic E-state index is 0.336. The lowest BCUT2D eigenvalue weighted by Gasteiger charge is -2.19. The second kappa shape index (κ2) is 6.87. The van der Waals surface area contributed by atoms with Gasteiger partial charge in [0.25, 0.3) is 11.7 Å². The number of Topliss-reactive ketones (excluding diaryl/α,β-unsaturated/α-hetero) is 1. The molecule has 24 heavy (non-hydrogen) atoms. The molecule has 0 spiro atoms. The van der Waals surface area contributed by atoms with Crippen LogP contribution in [-0.4, -0.2) is 18.3 Å². The van der Waals surface area contributed by atoms with E-state index in [0.29, 0.717) is 24.4 Å². The van der Waals surface area contributed by atoms with E-state index in [2.05, 4.69) is 6.92 Å². The molecule has 0 aromatic heterocycles. The third-order valence-electron chi connectivity index (χ3n) is 4.18. The largest absolute Gasteiger partial charge is 0.493 e. The molecule has 2 aromatic rings. The van der Waals surface area contributed by atoms with Crippen LogP contribution in [0.15, 0.2) is 42.5 Å². The number of para-hydroxylation sites is 1. The Morgan fingerprint density at radius 3 is 2.67 bits per heavy atom. The Kier molecular flexibility index (Phi) is 4.65. The molecule has 1 amide bonds. The van der Waals surface area contributed by atoms with E-state index in [1.54, 1.807) is 11.0 Å². The highest BCUT2D eigenvalue weighted by Gasteiger charge is 2.36. The summed E-state index contributed by atoms with van der Waals surface area (Å²) in [6.07, 6.45) is 2.05. The van der Waals surface area contributed by atoms with Crippen molar-refractivity contribution in [2.75, 3.05) is 11.5 Å². The fraction of sp³-hybridized carbons (Fsp3) is 0.300. The van der Waals surface area contributed by atoms with Crippen molar-refractivity contribution in [2.45, 2.75) is 33.2 Å². The Morgan fingerprint density at radius 1 is 1.08 bits per heavy atom. The minimum atomic E-state index is -0.473. The highest BCUT2D eigenvalue weighted by molar-refractivity contribution is 6.52. The van der Waals surface area contributed by atoms with E-state index in [4.69, 9.17) is 4.74 Å². The van der Waals surface area contributed by atoms with Gasteiger partial charge in [-0.1, -0.05) is 43.2 Å². The lowest BCUT2D eigenvalue weighted by Crippen LogP contribution is -2.29. The zero-order valence-electron chi connectivity index (χ0n) is 14.0. The fourth-order valence-corrected chi connectivity index (χ4v) is 2.84. The van der Waals surface area contributed by atoms with E-state index in [1.165, 1.54) is 0 Å². The number of anilines is 1. The molecule has 0 unspecified atom stereocenters. The van der Waals surface area contributed by atoms with Crippen LogP contribution in [0.1, 0.15) is 41.3 Å². The second-order valence-electron chi connectivity index (χ2n) is 6.05. The van der Waals surface area contributed by atoms with Crippen molar-refractivity contribution in [3.05, 3.63) is 59.2 Å². The van der Waals surface area contributed by atoms with E-state index in [0.717, 1.165) is 29.7 Å². The highest BCUT2D eigenvalue weighted by atomic mass is 16.5. The number of rotatable bonds is 6. The van der Waals surface area contributed by atoms with Gasteiger partial charge in [0.2, 0.25) is 0 Å². The number of aryl methyl sites for hydroxylation is 1. The summed E-state index contributed by atoms with van der Waals surface area (Å²) in [5.74, 6) is -0.135. The van der Waals surface area contributed by atoms with Gasteiger partial charge in [-0.3, -0.25) is 9.59 Å².